The number of aliphatic hydroxyl groups is 1. The molecule has 0 amide bonds. The van der Waals surface area contributed by atoms with E-state index in [2.05, 4.69) is 10.4 Å². The molecule has 1 aromatic heterocycles. The smallest absolute Gasteiger partial charge is 0.340 e. The van der Waals surface area contributed by atoms with E-state index in [1.807, 2.05) is 18.3 Å². The van der Waals surface area contributed by atoms with Crippen LogP contribution in [0, 0.1) is 0 Å². The maximum atomic E-state index is 11.9. The lowest BCUT2D eigenvalue weighted by molar-refractivity contribution is 0.0527. The van der Waals surface area contributed by atoms with Crippen molar-refractivity contribution in [1.82, 2.24) is 9.78 Å². The molecule has 0 bridgehead atoms. The molecule has 21 heavy (non-hydrogen) atoms. The average Bonchev–Trinajstić information content (AvgIpc) is 2.94. The molecule has 1 aromatic carbocycles. The zero-order chi connectivity index (χ0) is 15.1. The number of rotatable bonds is 7. The third kappa shape index (κ3) is 4.06. The molecule has 0 fully saturated rings. The Hall–Kier alpha value is -2.34. The summed E-state index contributed by atoms with van der Waals surface area (Å²) in [7, 11) is 0. The molecular weight excluding hydrogens is 270 g/mol. The normalized spacial score (nSPS) is 10.4. The van der Waals surface area contributed by atoms with Crippen LogP contribution in [-0.2, 0) is 17.8 Å². The van der Waals surface area contributed by atoms with E-state index >= 15 is 0 Å². The van der Waals surface area contributed by atoms with Crippen molar-refractivity contribution >= 4 is 11.7 Å². The second kappa shape index (κ2) is 7.44. The van der Waals surface area contributed by atoms with Gasteiger partial charge >= 0.3 is 5.97 Å². The quantitative estimate of drug-likeness (QED) is 0.758. The molecule has 2 aromatic rings. The van der Waals surface area contributed by atoms with Gasteiger partial charge in [-0.15, -0.1) is 0 Å². The molecule has 0 radical (unpaired) electrons. The fourth-order valence-electron chi connectivity index (χ4n) is 1.94. The molecular formula is C15H19N3O3. The van der Waals surface area contributed by atoms with E-state index < -0.39 is 0 Å². The lowest BCUT2D eigenvalue weighted by Crippen LogP contribution is -2.09. The van der Waals surface area contributed by atoms with Crippen LogP contribution in [0.3, 0.4) is 0 Å². The number of hydrogen-bond acceptors (Lipinski definition) is 5. The van der Waals surface area contributed by atoms with Crippen LogP contribution < -0.4 is 5.32 Å². The molecule has 2 rings (SSSR count). The van der Waals surface area contributed by atoms with Gasteiger partial charge in [-0.3, -0.25) is 4.68 Å². The van der Waals surface area contributed by atoms with Crippen molar-refractivity contribution in [3.8, 4) is 0 Å². The highest BCUT2D eigenvalue weighted by atomic mass is 16.5. The summed E-state index contributed by atoms with van der Waals surface area (Å²) in [6.07, 6.45) is 3.59. The minimum atomic E-state index is -0.337. The number of carbonyl (C=O) groups excluding carboxylic acids is 1. The highest BCUT2D eigenvalue weighted by molar-refractivity contribution is 5.95. The van der Waals surface area contributed by atoms with E-state index in [9.17, 15) is 4.79 Å². The van der Waals surface area contributed by atoms with Gasteiger partial charge in [-0.1, -0.05) is 12.1 Å². The van der Waals surface area contributed by atoms with Crippen LogP contribution in [0.15, 0.2) is 36.7 Å². The first-order valence-corrected chi connectivity index (χ1v) is 6.86. The number of hydrogen-bond donors (Lipinski definition) is 2. The third-order valence-corrected chi connectivity index (χ3v) is 2.92. The van der Waals surface area contributed by atoms with Gasteiger partial charge in [0.15, 0.2) is 0 Å². The van der Waals surface area contributed by atoms with E-state index in [0.29, 0.717) is 25.3 Å². The van der Waals surface area contributed by atoms with Crippen molar-refractivity contribution in [2.75, 3.05) is 18.5 Å². The molecule has 6 heteroatoms. The number of para-hydroxylation sites is 1. The Labute approximate surface area is 123 Å². The maximum absolute atomic E-state index is 11.9. The van der Waals surface area contributed by atoms with Crippen LogP contribution in [-0.4, -0.2) is 34.1 Å². The lowest BCUT2D eigenvalue weighted by Gasteiger charge is -2.10. The number of ether oxygens (including phenoxy) is 1. The summed E-state index contributed by atoms with van der Waals surface area (Å²) < 4.78 is 6.71. The number of benzene rings is 1. The fourth-order valence-corrected chi connectivity index (χ4v) is 1.94. The first-order chi connectivity index (χ1) is 10.2. The molecule has 0 saturated heterocycles. The van der Waals surface area contributed by atoms with Crippen LogP contribution in [0.1, 0.15) is 22.8 Å². The Balaban J connectivity index is 2.03. The Morgan fingerprint density at radius 3 is 3.00 bits per heavy atom. The van der Waals surface area contributed by atoms with Gasteiger partial charge < -0.3 is 15.2 Å². The molecule has 112 valence electrons. The van der Waals surface area contributed by atoms with Gasteiger partial charge in [0, 0.05) is 24.0 Å². The summed E-state index contributed by atoms with van der Waals surface area (Å²) >= 11 is 0. The lowest BCUT2D eigenvalue weighted by atomic mass is 10.1. The number of nitrogens with zero attached hydrogens (tertiary/aromatic N) is 2. The number of anilines is 1. The predicted molar refractivity (Wildman–Crippen MR) is 79.0 cm³/mol. The number of nitrogens with one attached hydrogen (secondary N) is 1. The SMILES string of the molecule is CCOC(=O)c1ccccc1NCc1cnn(CCO)c1. The predicted octanol–water partition coefficient (Wildman–Crippen LogP) is 1.66. The minimum Gasteiger partial charge on any atom is -0.462 e. The minimum absolute atomic E-state index is 0.0558. The molecule has 0 aliphatic heterocycles. The number of aromatic nitrogens is 2. The number of carbonyl (C=O) groups is 1. The van der Waals surface area contributed by atoms with E-state index in [4.69, 9.17) is 9.84 Å². The Morgan fingerprint density at radius 2 is 2.24 bits per heavy atom. The zero-order valence-electron chi connectivity index (χ0n) is 12.0. The third-order valence-electron chi connectivity index (χ3n) is 2.92. The van der Waals surface area contributed by atoms with E-state index in [1.165, 1.54) is 0 Å². The van der Waals surface area contributed by atoms with Crippen LogP contribution in [0.5, 0.6) is 0 Å². The van der Waals surface area contributed by atoms with Crippen LogP contribution in [0.2, 0.25) is 0 Å². The molecule has 0 aliphatic carbocycles. The monoisotopic (exact) mass is 289 g/mol. The van der Waals surface area contributed by atoms with Crippen molar-refractivity contribution in [3.05, 3.63) is 47.8 Å². The number of aliphatic hydroxyl groups excluding tert-OH is 1. The molecule has 0 atom stereocenters. The van der Waals surface area contributed by atoms with E-state index in [0.717, 1.165) is 11.3 Å². The molecule has 2 N–H and O–H groups in total. The van der Waals surface area contributed by atoms with Gasteiger partial charge in [0.05, 0.1) is 31.5 Å². The summed E-state index contributed by atoms with van der Waals surface area (Å²) in [4.78, 5) is 11.9. The Kier molecular flexibility index (Phi) is 5.34. The highest BCUT2D eigenvalue weighted by Gasteiger charge is 2.11. The van der Waals surface area contributed by atoms with Crippen LogP contribution in [0.25, 0.3) is 0 Å². The van der Waals surface area contributed by atoms with E-state index in [1.54, 1.807) is 29.9 Å². The second-order valence-corrected chi connectivity index (χ2v) is 4.45. The van der Waals surface area contributed by atoms with Crippen LogP contribution in [0.4, 0.5) is 5.69 Å². The summed E-state index contributed by atoms with van der Waals surface area (Å²) in [5, 5.41) is 16.2. The van der Waals surface area contributed by atoms with E-state index in [-0.39, 0.29) is 12.6 Å². The average molecular weight is 289 g/mol. The van der Waals surface area contributed by atoms with Crippen molar-refractivity contribution in [1.29, 1.82) is 0 Å². The van der Waals surface area contributed by atoms with Gasteiger partial charge in [0.25, 0.3) is 0 Å². The van der Waals surface area contributed by atoms with Crippen molar-refractivity contribution in [3.63, 3.8) is 0 Å². The van der Waals surface area contributed by atoms with Crippen LogP contribution >= 0.6 is 0 Å². The van der Waals surface area contributed by atoms with Gasteiger partial charge in [0.2, 0.25) is 0 Å². The largest absolute Gasteiger partial charge is 0.462 e. The first kappa shape index (κ1) is 15.1. The van der Waals surface area contributed by atoms with Crippen molar-refractivity contribution < 1.29 is 14.6 Å². The molecule has 0 unspecified atom stereocenters. The fraction of sp³-hybridized carbons (Fsp3) is 0.333. The van der Waals surface area contributed by atoms with Gasteiger partial charge in [0.1, 0.15) is 0 Å². The first-order valence-electron chi connectivity index (χ1n) is 6.86. The second-order valence-electron chi connectivity index (χ2n) is 4.45. The molecule has 0 saturated carbocycles. The summed E-state index contributed by atoms with van der Waals surface area (Å²) in [6, 6.07) is 7.23. The summed E-state index contributed by atoms with van der Waals surface area (Å²) in [5.74, 6) is -0.337. The molecule has 6 nitrogen and oxygen atoms in total. The maximum Gasteiger partial charge on any atom is 0.340 e. The van der Waals surface area contributed by atoms with Crippen molar-refractivity contribution in [2.24, 2.45) is 0 Å². The summed E-state index contributed by atoms with van der Waals surface area (Å²) in [6.45, 7) is 3.20. The zero-order valence-corrected chi connectivity index (χ0v) is 12.0. The molecule has 1 heterocycles. The topological polar surface area (TPSA) is 76.4 Å². The Bertz CT molecular complexity index is 595. The number of esters is 1. The Morgan fingerprint density at radius 1 is 1.43 bits per heavy atom. The van der Waals surface area contributed by atoms with Gasteiger partial charge in [-0.05, 0) is 19.1 Å². The summed E-state index contributed by atoms with van der Waals surface area (Å²) in [5.41, 5.74) is 2.22. The van der Waals surface area contributed by atoms with Gasteiger partial charge in [-0.2, -0.15) is 5.10 Å². The van der Waals surface area contributed by atoms with Gasteiger partial charge in [-0.25, -0.2) is 4.79 Å². The molecule has 0 aliphatic rings. The molecule has 0 spiro atoms. The standard InChI is InChI=1S/C15H19N3O3/c1-2-21-15(20)13-5-3-4-6-14(13)16-9-12-10-17-18(11-12)7-8-19/h3-6,10-11,16,19H,2,7-9H2,1H3. The van der Waals surface area contributed by atoms with Crippen molar-refractivity contribution in [2.45, 2.75) is 20.0 Å². The highest BCUT2D eigenvalue weighted by Crippen LogP contribution is 2.17.